The quantitative estimate of drug-likeness (QED) is 0.807. The minimum atomic E-state index is -0.401. The van der Waals surface area contributed by atoms with Crippen LogP contribution in [0.1, 0.15) is 17.5 Å². The largest absolute Gasteiger partial charge is 0.490 e. The molecular weight excluding hydrogens is 385 g/mol. The molecule has 0 unspecified atom stereocenters. The monoisotopic (exact) mass is 399 g/mol. The van der Waals surface area contributed by atoms with Gasteiger partial charge in [0.1, 0.15) is 5.82 Å². The van der Waals surface area contributed by atoms with E-state index >= 15 is 0 Å². The second-order valence-corrected chi connectivity index (χ2v) is 6.57. The Labute approximate surface area is 147 Å². The molecule has 1 aliphatic heterocycles. The van der Waals surface area contributed by atoms with Crippen LogP contribution in [0.5, 0.6) is 11.5 Å². The average Bonchev–Trinajstić information content (AvgIpc) is 2.77. The second-order valence-electron chi connectivity index (χ2n) is 5.31. The molecule has 1 N–H and O–H groups in total. The summed E-state index contributed by atoms with van der Waals surface area (Å²) in [6.45, 7) is 2.58. The van der Waals surface area contributed by atoms with E-state index in [1.807, 2.05) is 12.1 Å². The molecule has 0 saturated carbocycles. The summed E-state index contributed by atoms with van der Waals surface area (Å²) in [5, 5.41) is 3.46. The molecule has 0 aliphatic carbocycles. The number of rotatable bonds is 4. The van der Waals surface area contributed by atoms with Gasteiger partial charge in [-0.05, 0) is 51.3 Å². The van der Waals surface area contributed by atoms with Crippen molar-refractivity contribution in [1.82, 2.24) is 5.32 Å². The molecule has 3 rings (SSSR count). The van der Waals surface area contributed by atoms with Crippen LogP contribution in [-0.4, -0.2) is 13.2 Å². The summed E-state index contributed by atoms with van der Waals surface area (Å²) in [5.74, 6) is 1.12. The Morgan fingerprint density at radius 3 is 2.70 bits per heavy atom. The van der Waals surface area contributed by atoms with Crippen molar-refractivity contribution >= 4 is 27.5 Å². The first-order valence-corrected chi connectivity index (χ1v) is 8.53. The molecule has 0 aromatic heterocycles. The Morgan fingerprint density at radius 2 is 1.87 bits per heavy atom. The third-order valence-corrected chi connectivity index (χ3v) is 4.38. The van der Waals surface area contributed by atoms with Crippen LogP contribution in [0.4, 0.5) is 4.39 Å². The van der Waals surface area contributed by atoms with Gasteiger partial charge in [-0.2, -0.15) is 0 Å². The molecule has 3 nitrogen and oxygen atoms in total. The molecule has 0 atom stereocenters. The molecule has 6 heteroatoms. The van der Waals surface area contributed by atoms with Crippen LogP contribution in [0, 0.1) is 5.82 Å². The van der Waals surface area contributed by atoms with Gasteiger partial charge >= 0.3 is 0 Å². The van der Waals surface area contributed by atoms with Crippen LogP contribution >= 0.6 is 27.5 Å². The molecule has 0 spiro atoms. The topological polar surface area (TPSA) is 30.5 Å². The van der Waals surface area contributed by atoms with Crippen molar-refractivity contribution < 1.29 is 13.9 Å². The molecule has 0 fully saturated rings. The zero-order chi connectivity index (χ0) is 16.2. The van der Waals surface area contributed by atoms with Crippen LogP contribution in [0.15, 0.2) is 34.8 Å². The molecule has 0 radical (unpaired) electrons. The van der Waals surface area contributed by atoms with Crippen molar-refractivity contribution in [2.75, 3.05) is 13.2 Å². The fourth-order valence-electron chi connectivity index (χ4n) is 2.39. The fourth-order valence-corrected chi connectivity index (χ4v) is 3.19. The van der Waals surface area contributed by atoms with Gasteiger partial charge in [-0.15, -0.1) is 0 Å². The molecule has 1 heterocycles. The van der Waals surface area contributed by atoms with Gasteiger partial charge < -0.3 is 14.8 Å². The van der Waals surface area contributed by atoms with Gasteiger partial charge in [0.25, 0.3) is 0 Å². The van der Waals surface area contributed by atoms with E-state index in [4.69, 9.17) is 21.1 Å². The maximum atomic E-state index is 13.1. The van der Waals surface area contributed by atoms with E-state index in [1.165, 1.54) is 6.07 Å². The van der Waals surface area contributed by atoms with Crippen molar-refractivity contribution in [2.45, 2.75) is 19.5 Å². The molecule has 0 bridgehead atoms. The number of ether oxygens (including phenoxy) is 2. The van der Waals surface area contributed by atoms with E-state index in [0.29, 0.717) is 26.3 Å². The molecule has 0 saturated heterocycles. The van der Waals surface area contributed by atoms with Crippen LogP contribution in [-0.2, 0) is 13.1 Å². The van der Waals surface area contributed by atoms with Crippen LogP contribution in [0.2, 0.25) is 5.02 Å². The molecule has 23 heavy (non-hydrogen) atoms. The van der Waals surface area contributed by atoms with E-state index < -0.39 is 5.82 Å². The van der Waals surface area contributed by atoms with Crippen molar-refractivity contribution in [3.05, 3.63) is 56.8 Å². The minimum Gasteiger partial charge on any atom is -0.490 e. The molecule has 2 aromatic carbocycles. The van der Waals surface area contributed by atoms with Crippen LogP contribution in [0.25, 0.3) is 0 Å². The first-order chi connectivity index (χ1) is 11.1. The number of fused-ring (bicyclic) bond motifs is 1. The third kappa shape index (κ3) is 4.16. The lowest BCUT2D eigenvalue weighted by molar-refractivity contribution is 0.296. The normalized spacial score (nSPS) is 13.7. The molecular formula is C17H16BrClFNO2. The Balaban J connectivity index is 1.65. The summed E-state index contributed by atoms with van der Waals surface area (Å²) >= 11 is 9.32. The van der Waals surface area contributed by atoms with Crippen molar-refractivity contribution in [3.63, 3.8) is 0 Å². The van der Waals surface area contributed by atoms with Gasteiger partial charge in [0.05, 0.1) is 22.7 Å². The Bertz CT molecular complexity index is 711. The predicted molar refractivity (Wildman–Crippen MR) is 91.7 cm³/mol. The highest BCUT2D eigenvalue weighted by Crippen LogP contribution is 2.38. The lowest BCUT2D eigenvalue weighted by Gasteiger charge is -2.12. The predicted octanol–water partition coefficient (Wildman–Crippen LogP) is 4.69. The van der Waals surface area contributed by atoms with Crippen molar-refractivity contribution in [2.24, 2.45) is 0 Å². The molecule has 122 valence electrons. The first-order valence-electron chi connectivity index (χ1n) is 7.36. The zero-order valence-corrected chi connectivity index (χ0v) is 14.7. The standard InChI is InChI=1S/C17H16BrClFNO2/c18-13-6-12(8-16-17(13)23-5-1-4-22-16)10-21-9-11-2-3-15(20)14(19)7-11/h2-3,6-8,21H,1,4-5,9-10H2. The average molecular weight is 401 g/mol. The van der Waals surface area contributed by atoms with Gasteiger partial charge in [0.2, 0.25) is 0 Å². The number of hydrogen-bond donors (Lipinski definition) is 1. The maximum absolute atomic E-state index is 13.1. The Morgan fingerprint density at radius 1 is 1.09 bits per heavy atom. The summed E-state index contributed by atoms with van der Waals surface area (Å²) in [5.41, 5.74) is 2.01. The lowest BCUT2D eigenvalue weighted by atomic mass is 10.2. The van der Waals surface area contributed by atoms with Gasteiger partial charge in [-0.3, -0.25) is 0 Å². The minimum absolute atomic E-state index is 0.141. The molecule has 2 aromatic rings. The Hall–Kier alpha value is -1.30. The van der Waals surface area contributed by atoms with Gasteiger partial charge in [0.15, 0.2) is 11.5 Å². The lowest BCUT2D eigenvalue weighted by Crippen LogP contribution is -2.13. The highest BCUT2D eigenvalue weighted by atomic mass is 79.9. The summed E-state index contributed by atoms with van der Waals surface area (Å²) in [6, 6.07) is 8.73. The highest BCUT2D eigenvalue weighted by Gasteiger charge is 2.15. The highest BCUT2D eigenvalue weighted by molar-refractivity contribution is 9.10. The fraction of sp³-hybridized carbons (Fsp3) is 0.294. The third-order valence-electron chi connectivity index (χ3n) is 3.50. The summed E-state index contributed by atoms with van der Waals surface area (Å²) in [7, 11) is 0. The van der Waals surface area contributed by atoms with E-state index in [1.54, 1.807) is 12.1 Å². The smallest absolute Gasteiger partial charge is 0.175 e. The SMILES string of the molecule is Fc1ccc(CNCc2cc(Br)c3c(c2)OCCCO3)cc1Cl. The number of benzene rings is 2. The number of nitrogens with one attached hydrogen (secondary N) is 1. The van der Waals surface area contributed by atoms with Gasteiger partial charge in [-0.1, -0.05) is 17.7 Å². The number of halogens is 3. The van der Waals surface area contributed by atoms with Crippen LogP contribution in [0.3, 0.4) is 0 Å². The summed E-state index contributed by atoms with van der Waals surface area (Å²) in [6.07, 6.45) is 0.875. The number of hydrogen-bond acceptors (Lipinski definition) is 3. The molecule has 1 aliphatic rings. The first kappa shape index (κ1) is 16.6. The van der Waals surface area contributed by atoms with Gasteiger partial charge in [-0.25, -0.2) is 4.39 Å². The van der Waals surface area contributed by atoms with Gasteiger partial charge in [0, 0.05) is 19.5 Å². The van der Waals surface area contributed by atoms with Crippen molar-refractivity contribution in [3.8, 4) is 11.5 Å². The maximum Gasteiger partial charge on any atom is 0.175 e. The van der Waals surface area contributed by atoms with E-state index in [-0.39, 0.29) is 5.02 Å². The summed E-state index contributed by atoms with van der Waals surface area (Å²) in [4.78, 5) is 0. The van der Waals surface area contributed by atoms with Crippen molar-refractivity contribution in [1.29, 1.82) is 0 Å². The Kier molecular flexibility index (Phi) is 5.41. The molecule has 0 amide bonds. The van der Waals surface area contributed by atoms with E-state index in [0.717, 1.165) is 33.5 Å². The van der Waals surface area contributed by atoms with Crippen LogP contribution < -0.4 is 14.8 Å². The van der Waals surface area contributed by atoms with E-state index in [2.05, 4.69) is 21.2 Å². The zero-order valence-electron chi connectivity index (χ0n) is 12.4. The second kappa shape index (κ2) is 7.51. The van der Waals surface area contributed by atoms with E-state index in [9.17, 15) is 4.39 Å². The summed E-state index contributed by atoms with van der Waals surface area (Å²) < 4.78 is 25.4.